The van der Waals surface area contributed by atoms with Crippen LogP contribution in [0.5, 0.6) is 5.75 Å². The summed E-state index contributed by atoms with van der Waals surface area (Å²) in [7, 11) is -4.12. The van der Waals surface area contributed by atoms with Gasteiger partial charge in [0.15, 0.2) is 0 Å². The van der Waals surface area contributed by atoms with Gasteiger partial charge in [-0.05, 0) is 30.3 Å². The molecular weight excluding hydrogens is 389 g/mol. The number of aliphatic carboxylic acids is 1. The molecule has 25 heavy (non-hydrogen) atoms. The van der Waals surface area contributed by atoms with Crippen LogP contribution in [-0.2, 0) is 14.8 Å². The molecule has 0 aromatic heterocycles. The van der Waals surface area contributed by atoms with E-state index in [1.165, 1.54) is 18.2 Å². The summed E-state index contributed by atoms with van der Waals surface area (Å²) >= 11 is 11.9. The van der Waals surface area contributed by atoms with Crippen LogP contribution in [0.15, 0.2) is 47.4 Å². The van der Waals surface area contributed by atoms with Gasteiger partial charge in [-0.1, -0.05) is 35.3 Å². The van der Waals surface area contributed by atoms with E-state index in [0.29, 0.717) is 10.8 Å². The molecule has 0 fully saturated rings. The summed E-state index contributed by atoms with van der Waals surface area (Å²) in [6, 6.07) is 9.68. The number of hydrogen-bond donors (Lipinski definition) is 1. The van der Waals surface area contributed by atoms with E-state index in [4.69, 9.17) is 33.0 Å². The summed E-state index contributed by atoms with van der Waals surface area (Å²) in [6.45, 7) is -0.0756. The molecule has 1 N–H and O–H groups in total. The molecule has 0 radical (unpaired) electrons. The highest BCUT2D eigenvalue weighted by Crippen LogP contribution is 2.39. The molecule has 1 atom stereocenters. The predicted molar refractivity (Wildman–Crippen MR) is 94.1 cm³/mol. The number of fused-ring (bicyclic) bond motifs is 1. The van der Waals surface area contributed by atoms with Crippen molar-refractivity contribution in [3.63, 3.8) is 0 Å². The summed E-state index contributed by atoms with van der Waals surface area (Å²) < 4.78 is 33.0. The summed E-state index contributed by atoms with van der Waals surface area (Å²) in [6.07, 6.45) is -0.404. The first-order chi connectivity index (χ1) is 11.8. The van der Waals surface area contributed by atoms with Crippen LogP contribution in [0.2, 0.25) is 10.0 Å². The number of carboxylic acid groups (broad SMARTS) is 1. The first kappa shape index (κ1) is 17.8. The van der Waals surface area contributed by atoms with Gasteiger partial charge in [0.2, 0.25) is 0 Å². The van der Waals surface area contributed by atoms with Crippen molar-refractivity contribution in [3.05, 3.63) is 52.5 Å². The number of ether oxygens (including phenoxy) is 1. The zero-order valence-electron chi connectivity index (χ0n) is 12.7. The highest BCUT2D eigenvalue weighted by molar-refractivity contribution is 7.93. The minimum absolute atomic E-state index is 0.0365. The Labute approximate surface area is 154 Å². The number of benzene rings is 2. The van der Waals surface area contributed by atoms with Gasteiger partial charge >= 0.3 is 5.97 Å². The summed E-state index contributed by atoms with van der Waals surface area (Å²) in [5.74, 6) is -0.770. The summed E-state index contributed by atoms with van der Waals surface area (Å²) in [5, 5.41) is 9.40. The lowest BCUT2D eigenvalue weighted by Crippen LogP contribution is -2.47. The Balaban J connectivity index is 2.16. The lowest BCUT2D eigenvalue weighted by Gasteiger charge is -2.37. The molecule has 1 unspecified atom stereocenters. The van der Waals surface area contributed by atoms with Gasteiger partial charge in [-0.25, -0.2) is 8.42 Å². The quantitative estimate of drug-likeness (QED) is 0.847. The van der Waals surface area contributed by atoms with E-state index in [9.17, 15) is 13.2 Å². The van der Waals surface area contributed by atoms with Crippen molar-refractivity contribution >= 4 is 44.9 Å². The Kier molecular flexibility index (Phi) is 4.81. The van der Waals surface area contributed by atoms with Crippen LogP contribution in [-0.4, -0.2) is 32.1 Å². The number of carboxylic acids is 1. The standard InChI is InChI=1S/C16H13Cl2NO5S/c17-10-5-6-15(12(18)7-10)25(22,23)19-11(8-16(20)21)9-24-14-4-2-1-3-13(14)19/h1-7,11H,8-9H2,(H,20,21). The fourth-order valence-corrected chi connectivity index (χ4v) is 5.07. The molecule has 0 saturated heterocycles. The second-order valence-electron chi connectivity index (χ2n) is 5.41. The van der Waals surface area contributed by atoms with E-state index in [1.807, 2.05) is 0 Å². The molecular formula is C16H13Cl2NO5S. The minimum Gasteiger partial charge on any atom is -0.489 e. The number of halogens is 2. The minimum atomic E-state index is -4.12. The van der Waals surface area contributed by atoms with E-state index >= 15 is 0 Å². The largest absolute Gasteiger partial charge is 0.489 e. The van der Waals surface area contributed by atoms with E-state index in [2.05, 4.69) is 0 Å². The van der Waals surface area contributed by atoms with Crippen LogP contribution in [0.3, 0.4) is 0 Å². The third-order valence-electron chi connectivity index (χ3n) is 3.71. The number of rotatable bonds is 4. The topological polar surface area (TPSA) is 83.9 Å². The maximum absolute atomic E-state index is 13.2. The molecule has 2 aromatic rings. The van der Waals surface area contributed by atoms with Gasteiger partial charge < -0.3 is 9.84 Å². The summed E-state index contributed by atoms with van der Waals surface area (Å²) in [4.78, 5) is 11.0. The van der Waals surface area contributed by atoms with Crippen molar-refractivity contribution in [1.82, 2.24) is 0 Å². The normalized spacial score (nSPS) is 16.9. The maximum atomic E-state index is 13.2. The van der Waals surface area contributed by atoms with Crippen molar-refractivity contribution in [1.29, 1.82) is 0 Å². The lowest BCUT2D eigenvalue weighted by atomic mass is 10.1. The van der Waals surface area contributed by atoms with Gasteiger partial charge in [-0.3, -0.25) is 9.10 Å². The monoisotopic (exact) mass is 401 g/mol. The number of nitrogens with zero attached hydrogens (tertiary/aromatic N) is 1. The first-order valence-corrected chi connectivity index (χ1v) is 9.43. The van der Waals surface area contributed by atoms with Crippen molar-refractivity contribution in [2.75, 3.05) is 10.9 Å². The van der Waals surface area contributed by atoms with Crippen LogP contribution in [0.25, 0.3) is 0 Å². The molecule has 3 rings (SSSR count). The van der Waals surface area contributed by atoms with Gasteiger partial charge in [0.05, 0.1) is 23.2 Å². The fourth-order valence-electron chi connectivity index (χ4n) is 2.67. The average molecular weight is 402 g/mol. The van der Waals surface area contributed by atoms with Crippen molar-refractivity contribution in [3.8, 4) is 5.75 Å². The van der Waals surface area contributed by atoms with Gasteiger partial charge in [-0.2, -0.15) is 0 Å². The Morgan fingerprint density at radius 2 is 1.96 bits per heavy atom. The molecule has 0 spiro atoms. The smallest absolute Gasteiger partial charge is 0.305 e. The lowest BCUT2D eigenvalue weighted by molar-refractivity contribution is -0.137. The van der Waals surface area contributed by atoms with E-state index in [-0.39, 0.29) is 22.2 Å². The van der Waals surface area contributed by atoms with Crippen LogP contribution < -0.4 is 9.04 Å². The number of sulfonamides is 1. The molecule has 2 aromatic carbocycles. The van der Waals surface area contributed by atoms with Gasteiger partial charge in [0, 0.05) is 5.02 Å². The first-order valence-electron chi connectivity index (χ1n) is 7.24. The molecule has 132 valence electrons. The van der Waals surface area contributed by atoms with Gasteiger partial charge in [-0.15, -0.1) is 0 Å². The van der Waals surface area contributed by atoms with Crippen LogP contribution in [0.4, 0.5) is 5.69 Å². The van der Waals surface area contributed by atoms with Crippen molar-refractivity contribution in [2.45, 2.75) is 17.4 Å². The van der Waals surface area contributed by atoms with E-state index in [0.717, 1.165) is 4.31 Å². The van der Waals surface area contributed by atoms with Crippen LogP contribution in [0, 0.1) is 0 Å². The SMILES string of the molecule is O=C(O)CC1COc2ccccc2N1S(=O)(=O)c1ccc(Cl)cc1Cl. The molecule has 0 amide bonds. The zero-order valence-corrected chi connectivity index (χ0v) is 15.1. The molecule has 0 saturated carbocycles. The third kappa shape index (κ3) is 3.40. The second kappa shape index (κ2) is 6.74. The maximum Gasteiger partial charge on any atom is 0.305 e. The molecule has 1 heterocycles. The Morgan fingerprint density at radius 1 is 1.24 bits per heavy atom. The molecule has 0 aliphatic carbocycles. The zero-order chi connectivity index (χ0) is 18.2. The Bertz CT molecular complexity index is 932. The molecule has 9 heteroatoms. The van der Waals surface area contributed by atoms with Crippen molar-refractivity contribution < 1.29 is 23.1 Å². The number of para-hydroxylation sites is 2. The van der Waals surface area contributed by atoms with Crippen LogP contribution in [0.1, 0.15) is 6.42 Å². The third-order valence-corrected chi connectivity index (χ3v) is 6.29. The van der Waals surface area contributed by atoms with Gasteiger partial charge in [0.1, 0.15) is 17.3 Å². The van der Waals surface area contributed by atoms with E-state index in [1.54, 1.807) is 24.3 Å². The molecule has 0 bridgehead atoms. The highest BCUT2D eigenvalue weighted by Gasteiger charge is 2.39. The van der Waals surface area contributed by atoms with Crippen molar-refractivity contribution in [2.24, 2.45) is 0 Å². The highest BCUT2D eigenvalue weighted by atomic mass is 35.5. The fraction of sp³-hybridized carbons (Fsp3) is 0.188. The van der Waals surface area contributed by atoms with Crippen LogP contribution >= 0.6 is 23.2 Å². The predicted octanol–water partition coefficient (Wildman–Crippen LogP) is 3.42. The average Bonchev–Trinajstić information content (AvgIpc) is 2.53. The number of anilines is 1. The second-order valence-corrected chi connectivity index (χ2v) is 8.03. The molecule has 1 aliphatic heterocycles. The Hall–Kier alpha value is -1.96. The molecule has 1 aliphatic rings. The Morgan fingerprint density at radius 3 is 2.64 bits per heavy atom. The summed E-state index contributed by atoms with van der Waals surface area (Å²) in [5.41, 5.74) is 0.269. The van der Waals surface area contributed by atoms with E-state index < -0.39 is 28.5 Å². The van der Waals surface area contributed by atoms with Gasteiger partial charge in [0.25, 0.3) is 10.0 Å². The number of hydrogen-bond acceptors (Lipinski definition) is 4. The number of carbonyl (C=O) groups is 1. The molecule has 6 nitrogen and oxygen atoms in total.